The topological polar surface area (TPSA) is 57.8 Å². The highest BCUT2D eigenvalue weighted by molar-refractivity contribution is 7.10. The van der Waals surface area contributed by atoms with Crippen LogP contribution < -0.4 is 10.9 Å². The van der Waals surface area contributed by atoms with Crippen LogP contribution >= 0.6 is 11.3 Å². The van der Waals surface area contributed by atoms with Crippen molar-refractivity contribution in [1.29, 1.82) is 0 Å². The molecule has 0 saturated heterocycles. The Morgan fingerprint density at radius 1 is 1.39 bits per heavy atom. The first-order chi connectivity index (χ1) is 8.56. The van der Waals surface area contributed by atoms with Crippen LogP contribution in [0.2, 0.25) is 0 Å². The van der Waals surface area contributed by atoms with Crippen LogP contribution in [0.4, 0.5) is 5.82 Å². The molecule has 1 unspecified atom stereocenters. The maximum absolute atomic E-state index is 11.6. The predicted octanol–water partition coefficient (Wildman–Crippen LogP) is 3.13. The summed E-state index contributed by atoms with van der Waals surface area (Å²) in [7, 11) is 0. The third-order valence-corrected chi connectivity index (χ3v) is 3.70. The van der Waals surface area contributed by atoms with E-state index in [1.54, 1.807) is 11.3 Å². The number of H-pyrrole nitrogens is 1. The second-order valence-corrected chi connectivity index (χ2v) is 5.53. The quantitative estimate of drug-likeness (QED) is 0.891. The molecule has 0 amide bonds. The number of nitrogens with zero attached hydrogens (tertiary/aromatic N) is 1. The molecule has 96 valence electrons. The van der Waals surface area contributed by atoms with Gasteiger partial charge >= 0.3 is 0 Å². The van der Waals surface area contributed by atoms with Crippen molar-refractivity contribution < 1.29 is 0 Å². The second kappa shape index (κ2) is 5.35. The minimum atomic E-state index is -0.116. The van der Waals surface area contributed by atoms with E-state index in [4.69, 9.17) is 0 Å². The van der Waals surface area contributed by atoms with E-state index in [2.05, 4.69) is 28.3 Å². The average Bonchev–Trinajstić information content (AvgIpc) is 2.81. The molecule has 0 saturated carbocycles. The molecule has 2 rings (SSSR count). The van der Waals surface area contributed by atoms with Crippen molar-refractivity contribution in [2.75, 3.05) is 5.32 Å². The highest BCUT2D eigenvalue weighted by atomic mass is 32.1. The molecule has 0 aliphatic rings. The van der Waals surface area contributed by atoms with Gasteiger partial charge in [0.15, 0.2) is 0 Å². The lowest BCUT2D eigenvalue weighted by Gasteiger charge is -2.14. The number of hydrogen-bond donors (Lipinski definition) is 2. The summed E-state index contributed by atoms with van der Waals surface area (Å²) in [6.45, 7) is 6.07. The van der Waals surface area contributed by atoms with E-state index in [0.29, 0.717) is 11.6 Å². The summed E-state index contributed by atoms with van der Waals surface area (Å²) in [5, 5.41) is 5.30. The highest BCUT2D eigenvalue weighted by Crippen LogP contribution is 2.22. The van der Waals surface area contributed by atoms with Crippen molar-refractivity contribution in [1.82, 2.24) is 9.97 Å². The van der Waals surface area contributed by atoms with Gasteiger partial charge in [-0.15, -0.1) is 11.3 Å². The summed E-state index contributed by atoms with van der Waals surface area (Å²) in [6, 6.07) is 5.73. The molecule has 2 heterocycles. The number of aromatic nitrogens is 2. The zero-order chi connectivity index (χ0) is 13.1. The standard InChI is InChI=1S/C13H17N3OS/c1-8(2)13-15-11(7-12(17)16-13)14-9(3)10-5-4-6-18-10/h4-9H,1-3H3,(H2,14,15,16,17). The zero-order valence-corrected chi connectivity index (χ0v) is 11.5. The van der Waals surface area contributed by atoms with Gasteiger partial charge in [-0.05, 0) is 18.4 Å². The zero-order valence-electron chi connectivity index (χ0n) is 10.7. The van der Waals surface area contributed by atoms with E-state index in [0.717, 1.165) is 0 Å². The lowest BCUT2D eigenvalue weighted by Crippen LogP contribution is -2.15. The lowest BCUT2D eigenvalue weighted by molar-refractivity contribution is 0.762. The van der Waals surface area contributed by atoms with Gasteiger partial charge in [0.25, 0.3) is 5.56 Å². The molecule has 2 aromatic rings. The Morgan fingerprint density at radius 2 is 2.17 bits per heavy atom. The molecule has 0 aliphatic heterocycles. The van der Waals surface area contributed by atoms with Crippen molar-refractivity contribution in [3.63, 3.8) is 0 Å². The van der Waals surface area contributed by atoms with Crippen LogP contribution in [0.3, 0.4) is 0 Å². The molecule has 0 radical (unpaired) electrons. The smallest absolute Gasteiger partial charge is 0.252 e. The molecule has 4 nitrogen and oxygen atoms in total. The number of anilines is 1. The monoisotopic (exact) mass is 263 g/mol. The molecule has 1 atom stereocenters. The molecular formula is C13H17N3OS. The molecule has 0 bridgehead atoms. The van der Waals surface area contributed by atoms with Crippen LogP contribution in [0.1, 0.15) is 43.4 Å². The van der Waals surface area contributed by atoms with Gasteiger partial charge in [0.2, 0.25) is 0 Å². The Balaban J connectivity index is 2.21. The van der Waals surface area contributed by atoms with Crippen LogP contribution in [0.25, 0.3) is 0 Å². The lowest BCUT2D eigenvalue weighted by atomic mass is 10.2. The van der Waals surface area contributed by atoms with E-state index in [1.165, 1.54) is 10.9 Å². The number of rotatable bonds is 4. The number of aromatic amines is 1. The Labute approximate surface area is 110 Å². The summed E-state index contributed by atoms with van der Waals surface area (Å²) in [6.07, 6.45) is 0. The fourth-order valence-electron chi connectivity index (χ4n) is 1.65. The molecule has 0 spiro atoms. The van der Waals surface area contributed by atoms with Crippen molar-refractivity contribution in [3.05, 3.63) is 44.6 Å². The molecule has 18 heavy (non-hydrogen) atoms. The Morgan fingerprint density at radius 3 is 2.78 bits per heavy atom. The van der Waals surface area contributed by atoms with Gasteiger partial charge in [0.05, 0.1) is 6.04 Å². The third-order valence-electron chi connectivity index (χ3n) is 2.64. The molecule has 5 heteroatoms. The summed E-state index contributed by atoms with van der Waals surface area (Å²) in [5.74, 6) is 1.54. The maximum atomic E-state index is 11.6. The van der Waals surface area contributed by atoms with Gasteiger partial charge < -0.3 is 10.3 Å². The normalized spacial score (nSPS) is 12.7. The first-order valence-corrected chi connectivity index (χ1v) is 6.85. The van der Waals surface area contributed by atoms with Crippen LogP contribution in [-0.4, -0.2) is 9.97 Å². The minimum absolute atomic E-state index is 0.116. The van der Waals surface area contributed by atoms with Gasteiger partial charge in [-0.1, -0.05) is 19.9 Å². The second-order valence-electron chi connectivity index (χ2n) is 4.55. The Bertz CT molecular complexity index is 560. The van der Waals surface area contributed by atoms with E-state index >= 15 is 0 Å². The Kier molecular flexibility index (Phi) is 3.81. The average molecular weight is 263 g/mol. The fourth-order valence-corrected chi connectivity index (χ4v) is 2.39. The van der Waals surface area contributed by atoms with Crippen molar-refractivity contribution >= 4 is 17.2 Å². The third kappa shape index (κ3) is 2.98. The van der Waals surface area contributed by atoms with Crippen molar-refractivity contribution in [2.45, 2.75) is 32.7 Å². The number of hydrogen-bond acceptors (Lipinski definition) is 4. The van der Waals surface area contributed by atoms with Gasteiger partial charge in [-0.2, -0.15) is 0 Å². The highest BCUT2D eigenvalue weighted by Gasteiger charge is 2.09. The maximum Gasteiger partial charge on any atom is 0.252 e. The van der Waals surface area contributed by atoms with Crippen LogP contribution in [0, 0.1) is 0 Å². The summed E-state index contributed by atoms with van der Waals surface area (Å²) in [5.41, 5.74) is -0.116. The van der Waals surface area contributed by atoms with Crippen molar-refractivity contribution in [3.8, 4) is 0 Å². The van der Waals surface area contributed by atoms with Crippen molar-refractivity contribution in [2.24, 2.45) is 0 Å². The fraction of sp³-hybridized carbons (Fsp3) is 0.385. The first-order valence-electron chi connectivity index (χ1n) is 5.97. The number of thiophene rings is 1. The van der Waals surface area contributed by atoms with Gasteiger partial charge in [0.1, 0.15) is 11.6 Å². The van der Waals surface area contributed by atoms with Crippen LogP contribution in [0.15, 0.2) is 28.4 Å². The molecule has 0 aromatic carbocycles. The predicted molar refractivity (Wildman–Crippen MR) is 75.3 cm³/mol. The summed E-state index contributed by atoms with van der Waals surface area (Å²) < 4.78 is 0. The SMILES string of the molecule is CC(C)c1nc(NC(C)c2cccs2)cc(=O)[nH]1. The van der Waals surface area contributed by atoms with E-state index < -0.39 is 0 Å². The van der Waals surface area contributed by atoms with Gasteiger partial charge in [-0.3, -0.25) is 4.79 Å². The molecule has 0 aliphatic carbocycles. The largest absolute Gasteiger partial charge is 0.363 e. The van der Waals surface area contributed by atoms with E-state index in [-0.39, 0.29) is 17.5 Å². The summed E-state index contributed by atoms with van der Waals surface area (Å²) >= 11 is 1.69. The molecule has 2 aromatic heterocycles. The van der Waals surface area contributed by atoms with Crippen LogP contribution in [-0.2, 0) is 0 Å². The van der Waals surface area contributed by atoms with Crippen LogP contribution in [0.5, 0.6) is 0 Å². The molecular weight excluding hydrogens is 246 g/mol. The van der Waals surface area contributed by atoms with Gasteiger partial charge in [0, 0.05) is 16.9 Å². The van der Waals surface area contributed by atoms with E-state index in [1.807, 2.05) is 25.3 Å². The summed E-state index contributed by atoms with van der Waals surface area (Å²) in [4.78, 5) is 19.9. The minimum Gasteiger partial charge on any atom is -0.363 e. The van der Waals surface area contributed by atoms with E-state index in [9.17, 15) is 4.79 Å². The first kappa shape index (κ1) is 12.8. The molecule has 2 N–H and O–H groups in total. The Hall–Kier alpha value is -1.62. The number of nitrogens with one attached hydrogen (secondary N) is 2. The van der Waals surface area contributed by atoms with Gasteiger partial charge in [-0.25, -0.2) is 4.98 Å². The molecule has 0 fully saturated rings.